The lowest BCUT2D eigenvalue weighted by atomic mass is 9.95. The Hall–Kier alpha value is -1.03. The summed E-state index contributed by atoms with van der Waals surface area (Å²) in [4.78, 5) is 15.5. The Morgan fingerprint density at radius 1 is 1.47 bits per heavy atom. The van der Waals surface area contributed by atoms with Crippen molar-refractivity contribution in [2.24, 2.45) is 0 Å². The average molecular weight is 280 g/mol. The van der Waals surface area contributed by atoms with Crippen LogP contribution in [-0.4, -0.2) is 24.0 Å². The van der Waals surface area contributed by atoms with Crippen molar-refractivity contribution in [3.63, 3.8) is 0 Å². The molecule has 106 valence electrons. The summed E-state index contributed by atoms with van der Waals surface area (Å²) in [5.74, 6) is 0. The molecule has 0 radical (unpaired) electrons. The van der Waals surface area contributed by atoms with Gasteiger partial charge in [0.25, 0.3) is 0 Å². The molecule has 1 aliphatic carbocycles. The predicted molar refractivity (Wildman–Crippen MR) is 80.5 cm³/mol. The van der Waals surface area contributed by atoms with Crippen LogP contribution >= 0.6 is 11.3 Å². The Morgan fingerprint density at radius 3 is 2.79 bits per heavy atom. The van der Waals surface area contributed by atoms with Crippen LogP contribution < -0.4 is 5.32 Å². The summed E-state index contributed by atoms with van der Waals surface area (Å²) in [7, 11) is 1.94. The topological polar surface area (TPSA) is 32.3 Å². The molecule has 1 aliphatic rings. The summed E-state index contributed by atoms with van der Waals surface area (Å²) < 4.78 is 0. The van der Waals surface area contributed by atoms with Crippen molar-refractivity contribution in [2.75, 3.05) is 7.05 Å². The van der Waals surface area contributed by atoms with E-state index in [9.17, 15) is 4.79 Å². The molecule has 0 saturated heterocycles. The molecule has 1 heterocycles. The van der Waals surface area contributed by atoms with Crippen LogP contribution in [0.15, 0.2) is 17.5 Å². The maximum Gasteiger partial charge on any atom is 0.317 e. The smallest absolute Gasteiger partial charge is 0.317 e. The van der Waals surface area contributed by atoms with E-state index in [-0.39, 0.29) is 12.1 Å². The first-order valence-electron chi connectivity index (χ1n) is 7.29. The van der Waals surface area contributed by atoms with E-state index in [1.807, 2.05) is 18.0 Å². The molecule has 2 rings (SSSR count). The number of hydrogen-bond acceptors (Lipinski definition) is 2. The fourth-order valence-electron chi connectivity index (χ4n) is 2.75. The van der Waals surface area contributed by atoms with Crippen LogP contribution in [0.25, 0.3) is 0 Å². The second-order valence-corrected chi connectivity index (χ2v) is 6.31. The predicted octanol–water partition coefficient (Wildman–Crippen LogP) is 4.17. The minimum Gasteiger partial charge on any atom is -0.330 e. The Kier molecular flexibility index (Phi) is 5.25. The molecule has 1 aromatic rings. The van der Waals surface area contributed by atoms with Crippen LogP contribution in [0.3, 0.4) is 0 Å². The number of nitrogens with one attached hydrogen (secondary N) is 1. The molecule has 2 amide bonds. The van der Waals surface area contributed by atoms with Gasteiger partial charge in [-0.05, 0) is 30.7 Å². The standard InChI is InChI=1S/C15H24N2OS/c1-3-13(14-10-7-11-19-14)16-15(18)17(2)12-8-5-4-6-9-12/h7,10-13H,3-6,8-9H2,1-2H3,(H,16,18). The van der Waals surface area contributed by atoms with E-state index >= 15 is 0 Å². The molecule has 0 aromatic carbocycles. The monoisotopic (exact) mass is 280 g/mol. The molecule has 1 unspecified atom stereocenters. The van der Waals surface area contributed by atoms with Gasteiger partial charge in [-0.1, -0.05) is 32.3 Å². The quantitative estimate of drug-likeness (QED) is 0.882. The lowest BCUT2D eigenvalue weighted by molar-refractivity contribution is 0.170. The SMILES string of the molecule is CCC(NC(=O)N(C)C1CCCCC1)c1cccs1. The summed E-state index contributed by atoms with van der Waals surface area (Å²) >= 11 is 1.71. The van der Waals surface area contributed by atoms with Crippen LogP contribution in [0.4, 0.5) is 4.79 Å². The van der Waals surface area contributed by atoms with Gasteiger partial charge in [0, 0.05) is 18.0 Å². The Morgan fingerprint density at radius 2 is 2.21 bits per heavy atom. The molecule has 1 fully saturated rings. The molecule has 3 nitrogen and oxygen atoms in total. The Bertz CT molecular complexity index is 385. The molecule has 1 aromatic heterocycles. The van der Waals surface area contributed by atoms with Gasteiger partial charge < -0.3 is 10.2 Å². The highest BCUT2D eigenvalue weighted by atomic mass is 32.1. The van der Waals surface area contributed by atoms with Gasteiger partial charge in [0.1, 0.15) is 0 Å². The van der Waals surface area contributed by atoms with E-state index in [1.54, 1.807) is 11.3 Å². The highest BCUT2D eigenvalue weighted by Crippen LogP contribution is 2.24. The van der Waals surface area contributed by atoms with E-state index in [0.29, 0.717) is 6.04 Å². The summed E-state index contributed by atoms with van der Waals surface area (Å²) in [6, 6.07) is 4.79. The molecule has 1 saturated carbocycles. The molecular formula is C15H24N2OS. The van der Waals surface area contributed by atoms with Gasteiger partial charge >= 0.3 is 6.03 Å². The summed E-state index contributed by atoms with van der Waals surface area (Å²) in [6.45, 7) is 2.12. The number of amides is 2. The third kappa shape index (κ3) is 3.72. The molecule has 0 spiro atoms. The number of carbonyl (C=O) groups is 1. The maximum atomic E-state index is 12.3. The number of nitrogens with zero attached hydrogens (tertiary/aromatic N) is 1. The van der Waals surface area contributed by atoms with Gasteiger partial charge in [0.05, 0.1) is 6.04 Å². The zero-order chi connectivity index (χ0) is 13.7. The number of thiophene rings is 1. The van der Waals surface area contributed by atoms with E-state index in [2.05, 4.69) is 23.7 Å². The van der Waals surface area contributed by atoms with Gasteiger partial charge in [-0.25, -0.2) is 4.79 Å². The van der Waals surface area contributed by atoms with E-state index in [1.165, 1.54) is 24.1 Å². The highest BCUT2D eigenvalue weighted by Gasteiger charge is 2.23. The van der Waals surface area contributed by atoms with Gasteiger partial charge in [0.15, 0.2) is 0 Å². The number of carbonyl (C=O) groups excluding carboxylic acids is 1. The van der Waals surface area contributed by atoms with Gasteiger partial charge in [0.2, 0.25) is 0 Å². The van der Waals surface area contributed by atoms with Crippen molar-refractivity contribution in [3.05, 3.63) is 22.4 Å². The second-order valence-electron chi connectivity index (χ2n) is 5.33. The molecule has 0 bridgehead atoms. The second kappa shape index (κ2) is 6.94. The van der Waals surface area contributed by atoms with Crippen molar-refractivity contribution < 1.29 is 4.79 Å². The lowest BCUT2D eigenvalue weighted by Crippen LogP contribution is -2.45. The van der Waals surface area contributed by atoms with Gasteiger partial charge in [-0.3, -0.25) is 0 Å². The summed E-state index contributed by atoms with van der Waals surface area (Å²) in [5.41, 5.74) is 0. The number of urea groups is 1. The van der Waals surface area contributed by atoms with Crippen LogP contribution in [0, 0.1) is 0 Å². The Balaban J connectivity index is 1.91. The van der Waals surface area contributed by atoms with Crippen LogP contribution in [0.2, 0.25) is 0 Å². The summed E-state index contributed by atoms with van der Waals surface area (Å²) in [5, 5.41) is 5.23. The maximum absolute atomic E-state index is 12.3. The minimum absolute atomic E-state index is 0.0761. The first kappa shape index (κ1) is 14.4. The first-order valence-corrected chi connectivity index (χ1v) is 8.17. The normalized spacial score (nSPS) is 18.0. The number of rotatable bonds is 4. The zero-order valence-corrected chi connectivity index (χ0v) is 12.7. The third-order valence-corrected chi connectivity index (χ3v) is 5.02. The van der Waals surface area contributed by atoms with Crippen LogP contribution in [0.5, 0.6) is 0 Å². The van der Waals surface area contributed by atoms with Crippen molar-refractivity contribution in [2.45, 2.75) is 57.5 Å². The molecular weight excluding hydrogens is 256 g/mol. The molecule has 1 atom stereocenters. The van der Waals surface area contributed by atoms with Crippen molar-refractivity contribution in [1.82, 2.24) is 10.2 Å². The lowest BCUT2D eigenvalue weighted by Gasteiger charge is -2.32. The van der Waals surface area contributed by atoms with E-state index < -0.39 is 0 Å². The van der Waals surface area contributed by atoms with Crippen molar-refractivity contribution in [3.8, 4) is 0 Å². The van der Waals surface area contributed by atoms with Crippen molar-refractivity contribution in [1.29, 1.82) is 0 Å². The zero-order valence-electron chi connectivity index (χ0n) is 11.9. The third-order valence-electron chi connectivity index (χ3n) is 4.04. The molecule has 1 N–H and O–H groups in total. The minimum atomic E-state index is 0.0761. The van der Waals surface area contributed by atoms with Gasteiger partial charge in [-0.2, -0.15) is 0 Å². The largest absolute Gasteiger partial charge is 0.330 e. The number of hydrogen-bond donors (Lipinski definition) is 1. The highest BCUT2D eigenvalue weighted by molar-refractivity contribution is 7.10. The summed E-state index contributed by atoms with van der Waals surface area (Å²) in [6.07, 6.45) is 7.07. The fourth-order valence-corrected chi connectivity index (χ4v) is 3.61. The van der Waals surface area contributed by atoms with Crippen LogP contribution in [0.1, 0.15) is 56.4 Å². The van der Waals surface area contributed by atoms with E-state index in [0.717, 1.165) is 19.3 Å². The first-order chi connectivity index (χ1) is 9.22. The van der Waals surface area contributed by atoms with Crippen molar-refractivity contribution >= 4 is 17.4 Å². The average Bonchev–Trinajstić information content (AvgIpc) is 2.98. The molecule has 4 heteroatoms. The van der Waals surface area contributed by atoms with Crippen LogP contribution in [-0.2, 0) is 0 Å². The van der Waals surface area contributed by atoms with Gasteiger partial charge in [-0.15, -0.1) is 11.3 Å². The molecule has 0 aliphatic heterocycles. The fraction of sp³-hybridized carbons (Fsp3) is 0.667. The Labute approximate surface area is 120 Å². The molecule has 19 heavy (non-hydrogen) atoms. The van der Waals surface area contributed by atoms with E-state index in [4.69, 9.17) is 0 Å².